The Labute approximate surface area is 91.3 Å². The second-order valence-corrected chi connectivity index (χ2v) is 3.17. The van der Waals surface area contributed by atoms with Crippen molar-refractivity contribution in [3.63, 3.8) is 0 Å². The van der Waals surface area contributed by atoms with Gasteiger partial charge >= 0.3 is 0 Å². The van der Waals surface area contributed by atoms with Crippen LogP contribution in [0.15, 0.2) is 41.4 Å². The number of nitrogens with zero attached hydrogens (tertiary/aromatic N) is 1. The van der Waals surface area contributed by atoms with E-state index < -0.39 is 0 Å². The summed E-state index contributed by atoms with van der Waals surface area (Å²) < 4.78 is 5.19. The molecule has 0 aromatic heterocycles. The van der Waals surface area contributed by atoms with E-state index in [2.05, 4.69) is 18.0 Å². The highest BCUT2D eigenvalue weighted by Crippen LogP contribution is 2.25. The Morgan fingerprint density at radius 3 is 2.87 bits per heavy atom. The minimum absolute atomic E-state index is 0.803. The molecule has 0 atom stereocenters. The van der Waals surface area contributed by atoms with Gasteiger partial charge in [0.05, 0.1) is 7.11 Å². The molecule has 0 bridgehead atoms. The third-order valence-corrected chi connectivity index (χ3v) is 1.98. The SMILES string of the molecule is CCC/C=C/C=Nc1ccccc1OC. The molecule has 0 aliphatic heterocycles. The number of hydrogen-bond acceptors (Lipinski definition) is 2. The summed E-state index contributed by atoms with van der Waals surface area (Å²) in [6.45, 7) is 2.15. The van der Waals surface area contributed by atoms with Crippen LogP contribution < -0.4 is 4.74 Å². The number of hydrogen-bond donors (Lipinski definition) is 0. The molecule has 0 saturated heterocycles. The Kier molecular flexibility index (Phi) is 5.23. The number of rotatable bonds is 5. The topological polar surface area (TPSA) is 21.6 Å². The molecule has 0 radical (unpaired) electrons. The van der Waals surface area contributed by atoms with Crippen LogP contribution in [-0.2, 0) is 0 Å². The number of methoxy groups -OCH3 is 1. The first-order valence-corrected chi connectivity index (χ1v) is 5.20. The third kappa shape index (κ3) is 3.98. The van der Waals surface area contributed by atoms with Gasteiger partial charge in [0.2, 0.25) is 0 Å². The third-order valence-electron chi connectivity index (χ3n) is 1.98. The average molecular weight is 203 g/mol. The largest absolute Gasteiger partial charge is 0.494 e. The molecular weight excluding hydrogens is 186 g/mol. The molecule has 2 nitrogen and oxygen atoms in total. The van der Waals surface area contributed by atoms with Crippen molar-refractivity contribution in [1.82, 2.24) is 0 Å². The molecule has 0 aliphatic carbocycles. The summed E-state index contributed by atoms with van der Waals surface area (Å²) in [4.78, 5) is 4.31. The molecule has 1 aromatic rings. The van der Waals surface area contributed by atoms with Crippen molar-refractivity contribution < 1.29 is 4.74 Å². The maximum Gasteiger partial charge on any atom is 0.144 e. The van der Waals surface area contributed by atoms with Crippen LogP contribution in [0.4, 0.5) is 5.69 Å². The van der Waals surface area contributed by atoms with Gasteiger partial charge in [0, 0.05) is 6.21 Å². The van der Waals surface area contributed by atoms with E-state index in [1.165, 1.54) is 6.42 Å². The highest BCUT2D eigenvalue weighted by molar-refractivity contribution is 5.75. The monoisotopic (exact) mass is 203 g/mol. The van der Waals surface area contributed by atoms with E-state index in [1.807, 2.05) is 30.3 Å². The minimum atomic E-state index is 0.803. The van der Waals surface area contributed by atoms with Crippen LogP contribution in [0.25, 0.3) is 0 Å². The van der Waals surface area contributed by atoms with E-state index in [9.17, 15) is 0 Å². The van der Waals surface area contributed by atoms with Crippen molar-refractivity contribution in [2.45, 2.75) is 19.8 Å². The Bertz CT molecular complexity index is 342. The summed E-state index contributed by atoms with van der Waals surface area (Å²) in [7, 11) is 1.65. The van der Waals surface area contributed by atoms with Crippen molar-refractivity contribution in [3.8, 4) is 5.75 Å². The lowest BCUT2D eigenvalue weighted by Gasteiger charge is -2.01. The molecule has 0 amide bonds. The van der Waals surface area contributed by atoms with Gasteiger partial charge in [-0.1, -0.05) is 31.6 Å². The molecule has 0 fully saturated rings. The van der Waals surface area contributed by atoms with Crippen LogP contribution in [0.1, 0.15) is 19.8 Å². The Balaban J connectivity index is 2.63. The Morgan fingerprint density at radius 1 is 1.33 bits per heavy atom. The molecule has 0 aliphatic rings. The van der Waals surface area contributed by atoms with Crippen molar-refractivity contribution in [2.75, 3.05) is 7.11 Å². The summed E-state index contributed by atoms with van der Waals surface area (Å²) >= 11 is 0. The molecular formula is C13H17NO. The van der Waals surface area contributed by atoms with E-state index in [1.54, 1.807) is 13.3 Å². The van der Waals surface area contributed by atoms with Crippen molar-refractivity contribution in [1.29, 1.82) is 0 Å². The van der Waals surface area contributed by atoms with E-state index in [4.69, 9.17) is 4.74 Å². The normalized spacial score (nSPS) is 11.3. The van der Waals surface area contributed by atoms with Crippen molar-refractivity contribution >= 4 is 11.9 Å². The average Bonchev–Trinajstić information content (AvgIpc) is 2.29. The molecule has 1 aromatic carbocycles. The number of allylic oxidation sites excluding steroid dienone is 2. The van der Waals surface area contributed by atoms with Gasteiger partial charge in [-0.3, -0.25) is 4.99 Å². The predicted octanol–water partition coefficient (Wildman–Crippen LogP) is 3.75. The van der Waals surface area contributed by atoms with E-state index in [0.29, 0.717) is 0 Å². The molecule has 15 heavy (non-hydrogen) atoms. The maximum atomic E-state index is 5.19. The second-order valence-electron chi connectivity index (χ2n) is 3.17. The van der Waals surface area contributed by atoms with E-state index >= 15 is 0 Å². The van der Waals surface area contributed by atoms with Crippen LogP contribution in [0, 0.1) is 0 Å². The van der Waals surface area contributed by atoms with Gasteiger partial charge in [0.15, 0.2) is 0 Å². The summed E-state index contributed by atoms with van der Waals surface area (Å²) in [5.41, 5.74) is 0.862. The number of aliphatic imine (C=N–C) groups is 1. The quantitative estimate of drug-likeness (QED) is 0.668. The minimum Gasteiger partial charge on any atom is -0.494 e. The zero-order chi connectivity index (χ0) is 10.9. The lowest BCUT2D eigenvalue weighted by molar-refractivity contribution is 0.416. The fourth-order valence-corrected chi connectivity index (χ4v) is 1.18. The van der Waals surface area contributed by atoms with Gasteiger partial charge in [0.1, 0.15) is 11.4 Å². The lowest BCUT2D eigenvalue weighted by Crippen LogP contribution is -1.82. The molecule has 0 spiro atoms. The van der Waals surface area contributed by atoms with Crippen LogP contribution in [0.3, 0.4) is 0 Å². The van der Waals surface area contributed by atoms with Gasteiger partial charge in [-0.2, -0.15) is 0 Å². The van der Waals surface area contributed by atoms with E-state index in [0.717, 1.165) is 17.9 Å². The van der Waals surface area contributed by atoms with Gasteiger partial charge < -0.3 is 4.74 Å². The number of unbranched alkanes of at least 4 members (excludes halogenated alkanes) is 1. The highest BCUT2D eigenvalue weighted by Gasteiger charge is 1.96. The van der Waals surface area contributed by atoms with Gasteiger partial charge in [0.25, 0.3) is 0 Å². The first-order valence-electron chi connectivity index (χ1n) is 5.20. The summed E-state index contributed by atoms with van der Waals surface area (Å²) in [5, 5.41) is 0. The number of para-hydroxylation sites is 2. The van der Waals surface area contributed by atoms with Gasteiger partial charge in [-0.15, -0.1) is 0 Å². The highest BCUT2D eigenvalue weighted by atomic mass is 16.5. The predicted molar refractivity (Wildman–Crippen MR) is 65.2 cm³/mol. The summed E-state index contributed by atoms with van der Waals surface area (Å²) in [6.07, 6.45) is 8.14. The molecule has 0 unspecified atom stereocenters. The van der Waals surface area contributed by atoms with Crippen LogP contribution in [0.5, 0.6) is 5.75 Å². The van der Waals surface area contributed by atoms with E-state index in [-0.39, 0.29) is 0 Å². The first kappa shape index (κ1) is 11.5. The first-order chi connectivity index (χ1) is 7.38. The van der Waals surface area contributed by atoms with Crippen LogP contribution in [0.2, 0.25) is 0 Å². The Morgan fingerprint density at radius 2 is 2.13 bits per heavy atom. The molecule has 1 rings (SSSR count). The zero-order valence-corrected chi connectivity index (χ0v) is 9.31. The number of benzene rings is 1. The standard InChI is InChI=1S/C13H17NO/c1-3-4-5-8-11-14-12-9-6-7-10-13(12)15-2/h5-11H,3-4H2,1-2H3/b8-5+,14-11?. The van der Waals surface area contributed by atoms with Crippen molar-refractivity contribution in [3.05, 3.63) is 36.4 Å². The summed E-state index contributed by atoms with van der Waals surface area (Å²) in [6, 6.07) is 7.72. The fourth-order valence-electron chi connectivity index (χ4n) is 1.18. The smallest absolute Gasteiger partial charge is 0.144 e. The fraction of sp³-hybridized carbons (Fsp3) is 0.308. The lowest BCUT2D eigenvalue weighted by atomic mass is 10.3. The maximum absolute atomic E-state index is 5.19. The van der Waals surface area contributed by atoms with Gasteiger partial charge in [-0.05, 0) is 24.6 Å². The Hall–Kier alpha value is -1.57. The zero-order valence-electron chi connectivity index (χ0n) is 9.31. The van der Waals surface area contributed by atoms with Crippen molar-refractivity contribution in [2.24, 2.45) is 4.99 Å². The number of ether oxygens (including phenoxy) is 1. The van der Waals surface area contributed by atoms with Crippen LogP contribution in [-0.4, -0.2) is 13.3 Å². The second kappa shape index (κ2) is 6.82. The van der Waals surface area contributed by atoms with Crippen LogP contribution >= 0.6 is 0 Å². The van der Waals surface area contributed by atoms with Gasteiger partial charge in [-0.25, -0.2) is 0 Å². The molecule has 0 N–H and O–H groups in total. The molecule has 80 valence electrons. The molecule has 0 heterocycles. The summed E-state index contributed by atoms with van der Waals surface area (Å²) in [5.74, 6) is 0.803. The molecule has 0 saturated carbocycles. The molecule has 2 heteroatoms.